The van der Waals surface area contributed by atoms with Gasteiger partial charge in [-0.1, -0.05) is 12.1 Å². The Labute approximate surface area is 149 Å². The number of amides is 1. The van der Waals surface area contributed by atoms with Crippen molar-refractivity contribution in [2.45, 2.75) is 6.10 Å². The van der Waals surface area contributed by atoms with Crippen LogP contribution in [0, 0.1) is 0 Å². The summed E-state index contributed by atoms with van der Waals surface area (Å²) >= 11 is 1.02. The van der Waals surface area contributed by atoms with E-state index in [1.165, 1.54) is 0 Å². The molecule has 1 aromatic heterocycles. The minimum absolute atomic E-state index is 0.0172. The molecule has 1 aromatic carbocycles. The van der Waals surface area contributed by atoms with Crippen LogP contribution in [0.5, 0.6) is 11.5 Å². The maximum absolute atomic E-state index is 11.4. The normalized spacial score (nSPS) is 20.5. The molecule has 1 atom stereocenters. The third-order valence-corrected chi connectivity index (χ3v) is 4.92. The van der Waals surface area contributed by atoms with Gasteiger partial charge in [-0.15, -0.1) is 0 Å². The lowest BCUT2D eigenvalue weighted by molar-refractivity contribution is 0.0571. The van der Waals surface area contributed by atoms with Gasteiger partial charge in [0.15, 0.2) is 23.0 Å². The second-order valence-corrected chi connectivity index (χ2v) is 6.61. The van der Waals surface area contributed by atoms with E-state index in [9.17, 15) is 4.79 Å². The van der Waals surface area contributed by atoms with Crippen LogP contribution in [0.15, 0.2) is 24.3 Å². The fraction of sp³-hybridized carbons (Fsp3) is 0.438. The summed E-state index contributed by atoms with van der Waals surface area (Å²) in [5.41, 5.74) is 5.62. The zero-order valence-corrected chi connectivity index (χ0v) is 14.4. The van der Waals surface area contributed by atoms with Gasteiger partial charge < -0.3 is 20.1 Å². The van der Waals surface area contributed by atoms with E-state index in [-0.39, 0.29) is 11.8 Å². The summed E-state index contributed by atoms with van der Waals surface area (Å²) in [6, 6.07) is 7.74. The maximum Gasteiger partial charge on any atom is 0.272 e. The summed E-state index contributed by atoms with van der Waals surface area (Å²) in [6.07, 6.45) is 0.0172. The summed E-state index contributed by atoms with van der Waals surface area (Å²) in [5, 5.41) is 0. The fourth-order valence-electron chi connectivity index (χ4n) is 3.13. The number of hydrogen-bond acceptors (Lipinski definition) is 8. The molecule has 0 radical (unpaired) electrons. The predicted molar refractivity (Wildman–Crippen MR) is 93.4 cm³/mol. The van der Waals surface area contributed by atoms with Crippen molar-refractivity contribution in [1.82, 2.24) is 13.6 Å². The molecule has 3 heterocycles. The summed E-state index contributed by atoms with van der Waals surface area (Å²) in [5.74, 6) is 1.68. The van der Waals surface area contributed by atoms with E-state index in [1.807, 2.05) is 24.3 Å². The molecule has 2 N–H and O–H groups in total. The molecule has 8 nitrogen and oxygen atoms in total. The van der Waals surface area contributed by atoms with E-state index < -0.39 is 5.91 Å². The van der Waals surface area contributed by atoms with Crippen molar-refractivity contribution < 1.29 is 14.3 Å². The van der Waals surface area contributed by atoms with E-state index >= 15 is 0 Å². The van der Waals surface area contributed by atoms with E-state index in [0.29, 0.717) is 12.4 Å². The first-order valence-corrected chi connectivity index (χ1v) is 8.92. The van der Waals surface area contributed by atoms with Gasteiger partial charge in [0.1, 0.15) is 12.7 Å². The minimum Gasteiger partial charge on any atom is -0.486 e. The third kappa shape index (κ3) is 3.38. The van der Waals surface area contributed by atoms with Gasteiger partial charge in [0, 0.05) is 32.7 Å². The van der Waals surface area contributed by atoms with Crippen molar-refractivity contribution in [1.29, 1.82) is 0 Å². The van der Waals surface area contributed by atoms with Crippen molar-refractivity contribution in [3.63, 3.8) is 0 Å². The largest absolute Gasteiger partial charge is 0.486 e. The van der Waals surface area contributed by atoms with Crippen molar-refractivity contribution >= 4 is 23.5 Å². The monoisotopic (exact) mass is 361 g/mol. The van der Waals surface area contributed by atoms with E-state index in [1.54, 1.807) is 0 Å². The van der Waals surface area contributed by atoms with Crippen molar-refractivity contribution in [2.24, 2.45) is 5.73 Å². The quantitative estimate of drug-likeness (QED) is 0.852. The van der Waals surface area contributed by atoms with Gasteiger partial charge in [0.05, 0.1) is 11.7 Å². The van der Waals surface area contributed by atoms with Crippen LogP contribution in [0.4, 0.5) is 5.82 Å². The van der Waals surface area contributed by atoms with Crippen LogP contribution in [0.3, 0.4) is 0 Å². The smallest absolute Gasteiger partial charge is 0.272 e. The number of carbonyl (C=O) groups is 1. The molecule has 1 fully saturated rings. The number of nitrogens with two attached hydrogens (primary N) is 1. The van der Waals surface area contributed by atoms with Crippen LogP contribution in [0.2, 0.25) is 0 Å². The summed E-state index contributed by atoms with van der Waals surface area (Å²) in [4.78, 5) is 15.8. The first-order valence-electron chi connectivity index (χ1n) is 8.19. The highest BCUT2D eigenvalue weighted by Crippen LogP contribution is 2.31. The third-order valence-electron chi connectivity index (χ3n) is 4.41. The number of para-hydroxylation sites is 2. The highest BCUT2D eigenvalue weighted by molar-refractivity contribution is 6.99. The zero-order valence-electron chi connectivity index (χ0n) is 13.6. The first-order chi connectivity index (χ1) is 12.2. The van der Waals surface area contributed by atoms with Crippen LogP contribution in [-0.4, -0.2) is 65.0 Å². The Kier molecular flexibility index (Phi) is 4.41. The number of nitrogens with zero attached hydrogens (tertiary/aromatic N) is 4. The van der Waals surface area contributed by atoms with Crippen LogP contribution in [0.1, 0.15) is 10.5 Å². The highest BCUT2D eigenvalue weighted by atomic mass is 32.1. The molecular weight excluding hydrogens is 342 g/mol. The molecule has 0 bridgehead atoms. The van der Waals surface area contributed by atoms with Crippen LogP contribution >= 0.6 is 11.7 Å². The minimum atomic E-state index is -0.530. The molecule has 0 aliphatic carbocycles. The van der Waals surface area contributed by atoms with Gasteiger partial charge in [-0.25, -0.2) is 0 Å². The standard InChI is InChI=1S/C16H19N5O3S/c17-15(22)14-16(19-25-18-14)21-7-5-20(6-8-21)9-11-10-23-12-3-1-2-4-13(12)24-11/h1-4,11H,5-10H2,(H2,17,22)/t11-/m0/s1. The highest BCUT2D eigenvalue weighted by Gasteiger charge is 2.27. The van der Waals surface area contributed by atoms with Gasteiger partial charge in [-0.05, 0) is 12.1 Å². The molecular formula is C16H19N5O3S. The number of anilines is 1. The Balaban J connectivity index is 1.32. The number of ether oxygens (including phenoxy) is 2. The Morgan fingerprint density at radius 3 is 2.72 bits per heavy atom. The summed E-state index contributed by atoms with van der Waals surface area (Å²) in [7, 11) is 0. The number of carbonyl (C=O) groups excluding carboxylic acids is 1. The van der Waals surface area contributed by atoms with Crippen LogP contribution in [0.25, 0.3) is 0 Å². The lowest BCUT2D eigenvalue weighted by Crippen LogP contribution is -2.51. The number of rotatable bonds is 4. The molecule has 1 amide bonds. The molecule has 0 saturated carbocycles. The van der Waals surface area contributed by atoms with Crippen LogP contribution in [-0.2, 0) is 0 Å². The first kappa shape index (κ1) is 16.1. The SMILES string of the molecule is NC(=O)c1nsnc1N1CCN(C[C@H]2COc3ccccc3O2)CC1. The number of piperazine rings is 1. The summed E-state index contributed by atoms with van der Waals surface area (Å²) < 4.78 is 20.0. The molecule has 2 aromatic rings. The fourth-order valence-corrected chi connectivity index (χ4v) is 3.70. The van der Waals surface area contributed by atoms with Gasteiger partial charge in [0.25, 0.3) is 5.91 Å². The molecule has 4 rings (SSSR count). The molecule has 0 spiro atoms. The van der Waals surface area contributed by atoms with E-state index in [2.05, 4.69) is 18.5 Å². The van der Waals surface area contributed by atoms with Gasteiger partial charge in [-0.3, -0.25) is 9.69 Å². The Bertz CT molecular complexity index is 760. The second-order valence-electron chi connectivity index (χ2n) is 6.09. The molecule has 0 unspecified atom stereocenters. The lowest BCUT2D eigenvalue weighted by Gasteiger charge is -2.37. The number of aromatic nitrogens is 2. The maximum atomic E-state index is 11.4. The van der Waals surface area contributed by atoms with Gasteiger partial charge in [0.2, 0.25) is 0 Å². The van der Waals surface area contributed by atoms with E-state index in [0.717, 1.165) is 56.0 Å². The number of benzene rings is 1. The summed E-state index contributed by atoms with van der Waals surface area (Å²) in [6.45, 7) is 4.62. The lowest BCUT2D eigenvalue weighted by atomic mass is 10.2. The molecule has 132 valence electrons. The topological polar surface area (TPSA) is 93.8 Å². The Morgan fingerprint density at radius 2 is 1.96 bits per heavy atom. The van der Waals surface area contributed by atoms with Crippen molar-refractivity contribution in [3.8, 4) is 11.5 Å². The second kappa shape index (κ2) is 6.85. The molecule has 1 saturated heterocycles. The molecule has 2 aliphatic heterocycles. The average molecular weight is 361 g/mol. The Morgan fingerprint density at radius 1 is 1.20 bits per heavy atom. The van der Waals surface area contributed by atoms with Crippen LogP contribution < -0.4 is 20.1 Å². The van der Waals surface area contributed by atoms with Gasteiger partial charge >= 0.3 is 0 Å². The number of primary amides is 1. The van der Waals surface area contributed by atoms with E-state index in [4.69, 9.17) is 15.2 Å². The predicted octanol–water partition coefficient (Wildman–Crippen LogP) is 0.599. The molecule has 25 heavy (non-hydrogen) atoms. The average Bonchev–Trinajstić information content (AvgIpc) is 3.12. The zero-order chi connectivity index (χ0) is 17.2. The number of hydrogen-bond donors (Lipinski definition) is 1. The van der Waals surface area contributed by atoms with Crippen molar-refractivity contribution in [3.05, 3.63) is 30.0 Å². The van der Waals surface area contributed by atoms with Crippen molar-refractivity contribution in [2.75, 3.05) is 44.2 Å². The molecule has 2 aliphatic rings. The Hall–Kier alpha value is -2.39. The number of fused-ring (bicyclic) bond motifs is 1. The van der Waals surface area contributed by atoms with Gasteiger partial charge in [-0.2, -0.15) is 8.75 Å². The molecule has 9 heteroatoms.